The summed E-state index contributed by atoms with van der Waals surface area (Å²) in [4.78, 5) is 50.8. The number of aryl methyl sites for hydroxylation is 1. The van der Waals surface area contributed by atoms with Gasteiger partial charge >= 0.3 is 18.0 Å². The van der Waals surface area contributed by atoms with E-state index in [0.29, 0.717) is 11.3 Å². The lowest BCUT2D eigenvalue weighted by Gasteiger charge is -2.12. The van der Waals surface area contributed by atoms with Crippen molar-refractivity contribution in [2.45, 2.75) is 65.5 Å². The maximum Gasteiger partial charge on any atom is 0.355 e. The van der Waals surface area contributed by atoms with Gasteiger partial charge in [-0.15, -0.1) is 0 Å². The Kier molecular flexibility index (Phi) is 7.19. The van der Waals surface area contributed by atoms with Gasteiger partial charge in [-0.05, 0) is 46.1 Å². The number of H-pyrrole nitrogens is 1. The summed E-state index contributed by atoms with van der Waals surface area (Å²) in [5.41, 5.74) is 1.18. The van der Waals surface area contributed by atoms with Crippen molar-refractivity contribution in [2.75, 3.05) is 6.61 Å². The van der Waals surface area contributed by atoms with E-state index >= 15 is 0 Å². The molecule has 0 saturated heterocycles. The van der Waals surface area contributed by atoms with Crippen molar-refractivity contribution < 1.29 is 28.7 Å². The Morgan fingerprint density at radius 1 is 1.11 bits per heavy atom. The highest BCUT2D eigenvalue weighted by Crippen LogP contribution is 2.20. The molecular formula is C19H27N3O6. The lowest BCUT2D eigenvalue weighted by Crippen LogP contribution is -2.45. The van der Waals surface area contributed by atoms with E-state index in [1.807, 2.05) is 0 Å². The van der Waals surface area contributed by atoms with Crippen LogP contribution in [0.3, 0.4) is 0 Å². The fourth-order valence-electron chi connectivity index (χ4n) is 3.19. The summed E-state index contributed by atoms with van der Waals surface area (Å²) in [5.74, 6) is -2.07. The summed E-state index contributed by atoms with van der Waals surface area (Å²) >= 11 is 0. The second-order valence-electron chi connectivity index (χ2n) is 7.16. The summed E-state index contributed by atoms with van der Waals surface area (Å²) in [5, 5.41) is 4.84. The minimum Gasteiger partial charge on any atom is -0.459 e. The average Bonchev–Trinajstić information content (AvgIpc) is 3.19. The topological polar surface area (TPSA) is 127 Å². The molecule has 0 aliphatic heterocycles. The van der Waals surface area contributed by atoms with Crippen LogP contribution in [0, 0.1) is 13.8 Å². The molecule has 1 aromatic rings. The number of urea groups is 1. The highest BCUT2D eigenvalue weighted by molar-refractivity contribution is 6.00. The monoisotopic (exact) mass is 393 g/mol. The molecule has 0 aromatic carbocycles. The van der Waals surface area contributed by atoms with Gasteiger partial charge in [0.15, 0.2) is 6.61 Å². The van der Waals surface area contributed by atoms with Crippen LogP contribution in [0.1, 0.15) is 71.6 Å². The van der Waals surface area contributed by atoms with Gasteiger partial charge in [0.1, 0.15) is 5.69 Å². The van der Waals surface area contributed by atoms with E-state index in [9.17, 15) is 19.2 Å². The largest absolute Gasteiger partial charge is 0.459 e. The number of esters is 2. The quantitative estimate of drug-likeness (QED) is 0.636. The molecular weight excluding hydrogens is 366 g/mol. The van der Waals surface area contributed by atoms with Crippen molar-refractivity contribution in [1.82, 2.24) is 15.6 Å². The molecule has 1 saturated carbocycles. The van der Waals surface area contributed by atoms with Crippen LogP contribution in [-0.4, -0.2) is 47.6 Å². The second-order valence-corrected chi connectivity index (χ2v) is 7.16. The molecule has 3 amide bonds. The number of hydrogen-bond donors (Lipinski definition) is 3. The molecule has 1 aromatic heterocycles. The molecule has 9 nitrogen and oxygen atoms in total. The van der Waals surface area contributed by atoms with Gasteiger partial charge < -0.3 is 19.8 Å². The first kappa shape index (κ1) is 21.5. The number of aromatic nitrogens is 1. The summed E-state index contributed by atoms with van der Waals surface area (Å²) in [6, 6.07) is -0.525. The van der Waals surface area contributed by atoms with Crippen LogP contribution in [-0.2, 0) is 14.3 Å². The Bertz CT molecular complexity index is 762. The maximum atomic E-state index is 12.3. The second kappa shape index (κ2) is 9.38. The van der Waals surface area contributed by atoms with Crippen LogP contribution >= 0.6 is 0 Å². The van der Waals surface area contributed by atoms with Gasteiger partial charge in [0.05, 0.1) is 11.7 Å². The van der Waals surface area contributed by atoms with Crippen LogP contribution in [0.5, 0.6) is 0 Å². The molecule has 1 heterocycles. The summed E-state index contributed by atoms with van der Waals surface area (Å²) in [6.45, 7) is 6.07. The fourth-order valence-corrected chi connectivity index (χ4v) is 3.19. The Morgan fingerprint density at radius 2 is 1.75 bits per heavy atom. The smallest absolute Gasteiger partial charge is 0.355 e. The first-order valence-electron chi connectivity index (χ1n) is 9.36. The molecule has 28 heavy (non-hydrogen) atoms. The molecule has 0 bridgehead atoms. The molecule has 1 aliphatic rings. The van der Waals surface area contributed by atoms with Gasteiger partial charge in [-0.25, -0.2) is 14.4 Å². The number of carbonyl (C=O) groups is 4. The normalized spacial score (nSPS) is 14.0. The third kappa shape index (κ3) is 5.58. The molecule has 0 radical (unpaired) electrons. The Labute approximate surface area is 163 Å². The number of ether oxygens (including phenoxy) is 2. The van der Waals surface area contributed by atoms with E-state index in [1.165, 1.54) is 0 Å². The number of nitrogens with one attached hydrogen (secondary N) is 3. The van der Waals surface area contributed by atoms with Gasteiger partial charge in [-0.1, -0.05) is 12.8 Å². The van der Waals surface area contributed by atoms with Crippen LogP contribution in [0.2, 0.25) is 0 Å². The van der Waals surface area contributed by atoms with E-state index in [1.54, 1.807) is 27.7 Å². The molecule has 0 unspecified atom stereocenters. The summed E-state index contributed by atoms with van der Waals surface area (Å²) < 4.78 is 10.1. The van der Waals surface area contributed by atoms with Gasteiger partial charge in [-0.2, -0.15) is 0 Å². The molecule has 2 rings (SSSR count). The van der Waals surface area contributed by atoms with E-state index < -0.39 is 30.5 Å². The molecule has 9 heteroatoms. The lowest BCUT2D eigenvalue weighted by molar-refractivity contribution is -0.123. The van der Waals surface area contributed by atoms with Crippen molar-refractivity contribution in [3.8, 4) is 0 Å². The number of imide groups is 1. The first-order chi connectivity index (χ1) is 13.2. The highest BCUT2D eigenvalue weighted by atomic mass is 16.5. The minimum atomic E-state index is -0.796. The maximum absolute atomic E-state index is 12.3. The zero-order valence-electron chi connectivity index (χ0n) is 16.6. The van der Waals surface area contributed by atoms with Crippen LogP contribution in [0.15, 0.2) is 0 Å². The first-order valence-corrected chi connectivity index (χ1v) is 9.36. The van der Waals surface area contributed by atoms with Crippen molar-refractivity contribution in [1.29, 1.82) is 0 Å². The minimum absolute atomic E-state index is 0.0661. The standard InChI is InChI=1S/C19H27N3O6/c1-10(2)28-17(24)15-11(3)16(20-12(15)4)18(25)27-9-14(23)22-19(26)21-13-7-5-6-8-13/h10,13,20H,5-9H2,1-4H3,(H2,21,22,23,26). The summed E-state index contributed by atoms with van der Waals surface area (Å²) in [6.07, 6.45) is 3.60. The highest BCUT2D eigenvalue weighted by Gasteiger charge is 2.25. The van der Waals surface area contributed by atoms with Gasteiger partial charge in [0, 0.05) is 11.7 Å². The fraction of sp³-hybridized carbons (Fsp3) is 0.579. The molecule has 0 atom stereocenters. The zero-order valence-corrected chi connectivity index (χ0v) is 16.6. The zero-order chi connectivity index (χ0) is 20.8. The Hall–Kier alpha value is -2.84. The van der Waals surface area contributed by atoms with Gasteiger partial charge in [0.2, 0.25) is 0 Å². The van der Waals surface area contributed by atoms with E-state index in [-0.39, 0.29) is 23.4 Å². The Morgan fingerprint density at radius 3 is 2.36 bits per heavy atom. The lowest BCUT2D eigenvalue weighted by atomic mass is 10.1. The van der Waals surface area contributed by atoms with Gasteiger partial charge in [0.25, 0.3) is 5.91 Å². The number of hydrogen-bond acceptors (Lipinski definition) is 6. The molecule has 3 N–H and O–H groups in total. The van der Waals surface area contributed by atoms with Crippen LogP contribution in [0.25, 0.3) is 0 Å². The number of amides is 3. The molecule has 1 aliphatic carbocycles. The van der Waals surface area contributed by atoms with E-state index in [0.717, 1.165) is 25.7 Å². The van der Waals surface area contributed by atoms with Gasteiger partial charge in [-0.3, -0.25) is 10.1 Å². The molecule has 1 fully saturated rings. The van der Waals surface area contributed by atoms with Crippen molar-refractivity contribution in [3.63, 3.8) is 0 Å². The SMILES string of the molecule is Cc1[nH]c(C(=O)OCC(=O)NC(=O)NC2CCCC2)c(C)c1C(=O)OC(C)C. The molecule has 0 spiro atoms. The predicted octanol–water partition coefficient (Wildman–Crippen LogP) is 2.12. The average molecular weight is 393 g/mol. The van der Waals surface area contributed by atoms with Crippen molar-refractivity contribution in [3.05, 3.63) is 22.5 Å². The number of rotatable bonds is 6. The third-order valence-electron chi connectivity index (χ3n) is 4.47. The third-order valence-corrected chi connectivity index (χ3v) is 4.47. The predicted molar refractivity (Wildman–Crippen MR) is 100 cm³/mol. The number of aromatic amines is 1. The van der Waals surface area contributed by atoms with E-state index in [2.05, 4.69) is 15.6 Å². The summed E-state index contributed by atoms with van der Waals surface area (Å²) in [7, 11) is 0. The van der Waals surface area contributed by atoms with Crippen molar-refractivity contribution in [2.24, 2.45) is 0 Å². The molecule has 154 valence electrons. The van der Waals surface area contributed by atoms with Crippen LogP contribution in [0.4, 0.5) is 4.79 Å². The van der Waals surface area contributed by atoms with E-state index in [4.69, 9.17) is 9.47 Å². The number of carbonyl (C=O) groups excluding carboxylic acids is 4. The van der Waals surface area contributed by atoms with Crippen LogP contribution < -0.4 is 10.6 Å². The Balaban J connectivity index is 1.89. The van der Waals surface area contributed by atoms with Crippen molar-refractivity contribution >= 4 is 23.9 Å².